The maximum absolute atomic E-state index is 12.0. The largest absolute Gasteiger partial charge is 0.508 e. The summed E-state index contributed by atoms with van der Waals surface area (Å²) in [5, 5.41) is 19.7. The Kier molecular flexibility index (Phi) is 3.27. The van der Waals surface area contributed by atoms with Gasteiger partial charge in [0, 0.05) is 5.56 Å². The van der Waals surface area contributed by atoms with E-state index in [1.165, 1.54) is 19.2 Å². The van der Waals surface area contributed by atoms with Gasteiger partial charge in [0.25, 0.3) is 0 Å². The third kappa shape index (κ3) is 2.21. The van der Waals surface area contributed by atoms with Crippen LogP contribution < -0.4 is 4.74 Å². The SMILES string of the molecule is COc1cccc2c1C(=O)O[C@H]2[C@@H](O)c1ccc(O)cc1. The molecule has 0 bridgehead atoms. The molecule has 3 rings (SSSR count). The number of rotatable bonds is 3. The fourth-order valence-corrected chi connectivity index (χ4v) is 2.49. The quantitative estimate of drug-likeness (QED) is 0.847. The average molecular weight is 286 g/mol. The first kappa shape index (κ1) is 13.5. The Bertz CT molecular complexity index is 678. The number of aromatic hydroxyl groups is 1. The zero-order chi connectivity index (χ0) is 15.0. The number of methoxy groups -OCH3 is 1. The number of fused-ring (bicyclic) bond motifs is 1. The monoisotopic (exact) mass is 286 g/mol. The topological polar surface area (TPSA) is 76.0 Å². The lowest BCUT2D eigenvalue weighted by Gasteiger charge is -2.18. The van der Waals surface area contributed by atoms with Gasteiger partial charge in [0.1, 0.15) is 23.2 Å². The predicted molar refractivity (Wildman–Crippen MR) is 74.2 cm³/mol. The van der Waals surface area contributed by atoms with Gasteiger partial charge in [-0.05, 0) is 23.8 Å². The van der Waals surface area contributed by atoms with E-state index in [2.05, 4.69) is 0 Å². The number of cyclic esters (lactones) is 1. The van der Waals surface area contributed by atoms with Crippen LogP contribution in [0, 0.1) is 0 Å². The van der Waals surface area contributed by atoms with E-state index in [-0.39, 0.29) is 5.75 Å². The summed E-state index contributed by atoms with van der Waals surface area (Å²) >= 11 is 0. The standard InChI is InChI=1S/C16H14O5/c1-20-12-4-2-3-11-13(12)16(19)21-15(11)14(18)9-5-7-10(17)8-6-9/h2-8,14-15,17-18H,1H3/t14-,15+/m0/s1. The average Bonchev–Trinajstić information content (AvgIpc) is 2.85. The highest BCUT2D eigenvalue weighted by Gasteiger charge is 2.38. The first-order valence-electron chi connectivity index (χ1n) is 6.46. The van der Waals surface area contributed by atoms with E-state index in [1.807, 2.05) is 0 Å². The minimum atomic E-state index is -1.01. The van der Waals surface area contributed by atoms with Crippen LogP contribution in [0.3, 0.4) is 0 Å². The molecule has 1 aliphatic rings. The van der Waals surface area contributed by atoms with E-state index >= 15 is 0 Å². The summed E-state index contributed by atoms with van der Waals surface area (Å²) in [7, 11) is 1.48. The Hall–Kier alpha value is -2.53. The summed E-state index contributed by atoms with van der Waals surface area (Å²) in [6.45, 7) is 0. The van der Waals surface area contributed by atoms with Crippen molar-refractivity contribution < 1.29 is 24.5 Å². The van der Waals surface area contributed by atoms with E-state index in [0.717, 1.165) is 0 Å². The zero-order valence-corrected chi connectivity index (χ0v) is 11.3. The maximum Gasteiger partial charge on any atom is 0.343 e. The first-order chi connectivity index (χ1) is 10.1. The highest BCUT2D eigenvalue weighted by molar-refractivity contribution is 5.97. The van der Waals surface area contributed by atoms with Gasteiger partial charge in [-0.3, -0.25) is 0 Å². The molecule has 0 saturated carbocycles. The normalized spacial score (nSPS) is 18.0. The van der Waals surface area contributed by atoms with E-state index in [9.17, 15) is 15.0 Å². The van der Waals surface area contributed by atoms with Crippen molar-refractivity contribution in [3.8, 4) is 11.5 Å². The molecular weight excluding hydrogens is 272 g/mol. The van der Waals surface area contributed by atoms with Crippen molar-refractivity contribution in [1.82, 2.24) is 0 Å². The fourth-order valence-electron chi connectivity index (χ4n) is 2.49. The van der Waals surface area contributed by atoms with Crippen LogP contribution in [-0.2, 0) is 4.74 Å². The van der Waals surface area contributed by atoms with Crippen molar-refractivity contribution in [1.29, 1.82) is 0 Å². The molecule has 0 saturated heterocycles. The van der Waals surface area contributed by atoms with Crippen molar-refractivity contribution in [2.24, 2.45) is 0 Å². The number of hydrogen-bond donors (Lipinski definition) is 2. The molecule has 2 atom stereocenters. The molecule has 2 aromatic carbocycles. The highest BCUT2D eigenvalue weighted by Crippen LogP contribution is 2.42. The minimum absolute atomic E-state index is 0.108. The number of phenols is 1. The van der Waals surface area contributed by atoms with Crippen LogP contribution >= 0.6 is 0 Å². The number of aliphatic hydroxyl groups excluding tert-OH is 1. The van der Waals surface area contributed by atoms with Crippen LogP contribution in [0.15, 0.2) is 42.5 Å². The second-order valence-corrected chi connectivity index (χ2v) is 4.79. The molecule has 21 heavy (non-hydrogen) atoms. The molecule has 5 nitrogen and oxygen atoms in total. The predicted octanol–water partition coefficient (Wildman–Crippen LogP) is 2.35. The molecule has 0 aromatic heterocycles. The van der Waals surface area contributed by atoms with Crippen LogP contribution in [0.4, 0.5) is 0 Å². The number of hydrogen-bond acceptors (Lipinski definition) is 5. The minimum Gasteiger partial charge on any atom is -0.508 e. The molecule has 1 heterocycles. The molecule has 0 aliphatic carbocycles. The Morgan fingerprint density at radius 2 is 1.90 bits per heavy atom. The Labute approximate surface area is 121 Å². The lowest BCUT2D eigenvalue weighted by Crippen LogP contribution is -2.10. The molecule has 108 valence electrons. The van der Waals surface area contributed by atoms with Crippen LogP contribution in [0.5, 0.6) is 11.5 Å². The second-order valence-electron chi connectivity index (χ2n) is 4.79. The number of esters is 1. The Balaban J connectivity index is 1.99. The van der Waals surface area contributed by atoms with Crippen molar-refractivity contribution in [2.75, 3.05) is 7.11 Å². The maximum atomic E-state index is 12.0. The zero-order valence-electron chi connectivity index (χ0n) is 11.3. The Morgan fingerprint density at radius 1 is 1.19 bits per heavy atom. The number of aliphatic hydroxyl groups is 1. The van der Waals surface area contributed by atoms with Crippen LogP contribution in [0.2, 0.25) is 0 Å². The van der Waals surface area contributed by atoms with E-state index < -0.39 is 18.2 Å². The Morgan fingerprint density at radius 3 is 2.57 bits per heavy atom. The smallest absolute Gasteiger partial charge is 0.343 e. The first-order valence-corrected chi connectivity index (χ1v) is 6.46. The highest BCUT2D eigenvalue weighted by atomic mass is 16.6. The molecule has 0 unspecified atom stereocenters. The second kappa shape index (κ2) is 5.10. The van der Waals surface area contributed by atoms with Crippen molar-refractivity contribution in [2.45, 2.75) is 12.2 Å². The summed E-state index contributed by atoms with van der Waals surface area (Å²) in [5.41, 5.74) is 1.50. The molecule has 0 radical (unpaired) electrons. The van der Waals surface area contributed by atoms with Gasteiger partial charge in [0.15, 0.2) is 6.10 Å². The third-order valence-electron chi connectivity index (χ3n) is 3.54. The molecule has 1 aliphatic heterocycles. The molecule has 2 N–H and O–H groups in total. The molecule has 0 fully saturated rings. The van der Waals surface area contributed by atoms with Gasteiger partial charge in [0.2, 0.25) is 0 Å². The molecule has 0 spiro atoms. The number of ether oxygens (including phenoxy) is 2. The summed E-state index contributed by atoms with van der Waals surface area (Å²) in [6.07, 6.45) is -1.80. The van der Waals surface area contributed by atoms with E-state index in [0.29, 0.717) is 22.4 Å². The number of carbonyl (C=O) groups excluding carboxylic acids is 1. The van der Waals surface area contributed by atoms with Gasteiger partial charge >= 0.3 is 5.97 Å². The molecule has 5 heteroatoms. The molecule has 0 amide bonds. The summed E-state index contributed by atoms with van der Waals surface area (Å²) < 4.78 is 10.5. The summed E-state index contributed by atoms with van der Waals surface area (Å²) in [4.78, 5) is 12.0. The van der Waals surface area contributed by atoms with Gasteiger partial charge in [0.05, 0.1) is 7.11 Å². The van der Waals surface area contributed by atoms with Crippen molar-refractivity contribution in [3.63, 3.8) is 0 Å². The number of phenolic OH excluding ortho intramolecular Hbond substituents is 1. The summed E-state index contributed by atoms with van der Waals surface area (Å²) in [6, 6.07) is 11.3. The summed E-state index contributed by atoms with van der Waals surface area (Å²) in [5.74, 6) is 0.0274. The lowest BCUT2D eigenvalue weighted by molar-refractivity contribution is -0.0103. The van der Waals surface area contributed by atoms with Crippen LogP contribution in [0.25, 0.3) is 0 Å². The fraction of sp³-hybridized carbons (Fsp3) is 0.188. The van der Waals surface area contributed by atoms with Crippen molar-refractivity contribution >= 4 is 5.97 Å². The van der Waals surface area contributed by atoms with E-state index in [1.54, 1.807) is 30.3 Å². The molecule has 2 aromatic rings. The van der Waals surface area contributed by atoms with Gasteiger partial charge in [-0.25, -0.2) is 4.79 Å². The number of carbonyl (C=O) groups is 1. The van der Waals surface area contributed by atoms with Gasteiger partial charge in [-0.1, -0.05) is 24.3 Å². The third-order valence-corrected chi connectivity index (χ3v) is 3.54. The van der Waals surface area contributed by atoms with Crippen molar-refractivity contribution in [3.05, 3.63) is 59.2 Å². The number of benzene rings is 2. The lowest BCUT2D eigenvalue weighted by atomic mass is 9.96. The van der Waals surface area contributed by atoms with Gasteiger partial charge in [-0.2, -0.15) is 0 Å². The van der Waals surface area contributed by atoms with Gasteiger partial charge < -0.3 is 19.7 Å². The van der Waals surface area contributed by atoms with E-state index in [4.69, 9.17) is 9.47 Å². The molecular formula is C16H14O5. The van der Waals surface area contributed by atoms with Crippen LogP contribution in [0.1, 0.15) is 33.7 Å². The van der Waals surface area contributed by atoms with Gasteiger partial charge in [-0.15, -0.1) is 0 Å². The van der Waals surface area contributed by atoms with Crippen LogP contribution in [-0.4, -0.2) is 23.3 Å².